The minimum atomic E-state index is -5.10. The Labute approximate surface area is 146 Å². The summed E-state index contributed by atoms with van der Waals surface area (Å²) < 4.78 is 79.5. The van der Waals surface area contributed by atoms with Gasteiger partial charge in [0, 0.05) is 12.4 Å². The van der Waals surface area contributed by atoms with E-state index in [1.54, 1.807) is 6.92 Å². The van der Waals surface area contributed by atoms with Crippen molar-refractivity contribution in [2.45, 2.75) is 19.3 Å². The van der Waals surface area contributed by atoms with Crippen molar-refractivity contribution in [3.05, 3.63) is 40.3 Å². The van der Waals surface area contributed by atoms with Crippen molar-refractivity contribution < 1.29 is 26.3 Å². The van der Waals surface area contributed by atoms with Crippen molar-refractivity contribution in [3.63, 3.8) is 0 Å². The Morgan fingerprint density at radius 3 is 2.27 bits per heavy atom. The Morgan fingerprint density at radius 2 is 1.73 bits per heavy atom. The van der Waals surface area contributed by atoms with Crippen molar-refractivity contribution in [3.8, 4) is 5.69 Å². The molecule has 0 saturated heterocycles. The molecule has 0 fully saturated rings. The monoisotopic (exact) mass is 395 g/mol. The number of pyridine rings is 2. The normalized spacial score (nSPS) is 12.8. The number of aromatic nitrogens is 4. The van der Waals surface area contributed by atoms with Gasteiger partial charge in [0.15, 0.2) is 5.65 Å². The predicted octanol–water partition coefficient (Wildman–Crippen LogP) is 4.40. The summed E-state index contributed by atoms with van der Waals surface area (Å²) in [6, 6.07) is -0.0915. The number of rotatable bonds is 1. The smallest absolute Gasteiger partial charge is 0.383 e. The van der Waals surface area contributed by atoms with Gasteiger partial charge in [-0.1, -0.05) is 11.6 Å². The lowest BCUT2D eigenvalue weighted by Crippen LogP contribution is -2.13. The third-order valence-corrected chi connectivity index (χ3v) is 3.82. The fraction of sp³-hybridized carbons (Fsp3) is 0.214. The number of hydrogen-bond donors (Lipinski definition) is 1. The highest BCUT2D eigenvalue weighted by atomic mass is 35.5. The lowest BCUT2D eigenvalue weighted by molar-refractivity contribution is -0.144. The maximum atomic E-state index is 13.3. The number of nitrogen functional groups attached to an aromatic ring is 1. The van der Waals surface area contributed by atoms with Crippen molar-refractivity contribution in [1.29, 1.82) is 0 Å². The van der Waals surface area contributed by atoms with E-state index in [9.17, 15) is 26.3 Å². The quantitative estimate of drug-likeness (QED) is 0.620. The van der Waals surface area contributed by atoms with Gasteiger partial charge in [0.1, 0.15) is 11.5 Å². The molecule has 26 heavy (non-hydrogen) atoms. The molecule has 2 N–H and O–H groups in total. The molecule has 138 valence electrons. The van der Waals surface area contributed by atoms with E-state index in [0.717, 1.165) is 4.68 Å². The molecule has 3 heterocycles. The second-order valence-corrected chi connectivity index (χ2v) is 5.74. The molecule has 0 spiro atoms. The molecular weight excluding hydrogens is 388 g/mol. The van der Waals surface area contributed by atoms with Gasteiger partial charge in [0.05, 0.1) is 21.7 Å². The van der Waals surface area contributed by atoms with E-state index in [1.165, 1.54) is 12.4 Å². The summed E-state index contributed by atoms with van der Waals surface area (Å²) in [4.78, 5) is 6.99. The molecule has 3 rings (SSSR count). The summed E-state index contributed by atoms with van der Waals surface area (Å²) in [5.41, 5.74) is 2.17. The fourth-order valence-corrected chi connectivity index (χ4v) is 2.73. The van der Waals surface area contributed by atoms with Crippen LogP contribution in [-0.4, -0.2) is 19.7 Å². The number of fused-ring (bicyclic) bond motifs is 1. The van der Waals surface area contributed by atoms with E-state index in [0.29, 0.717) is 5.56 Å². The topological polar surface area (TPSA) is 69.6 Å². The molecule has 0 saturated carbocycles. The summed E-state index contributed by atoms with van der Waals surface area (Å²) in [7, 11) is 0. The van der Waals surface area contributed by atoms with Gasteiger partial charge < -0.3 is 5.73 Å². The van der Waals surface area contributed by atoms with Crippen LogP contribution >= 0.6 is 11.6 Å². The SMILES string of the molecule is Cc1cncc(Cl)c1-n1nc2nc(C(F)(F)F)cc(C(F)(F)F)c2c1N. The molecule has 0 aliphatic rings. The number of aryl methyl sites for hydroxylation is 1. The second-order valence-electron chi connectivity index (χ2n) is 5.33. The van der Waals surface area contributed by atoms with Crippen LogP contribution in [0.1, 0.15) is 16.8 Å². The minimum absolute atomic E-state index is 0.00843. The van der Waals surface area contributed by atoms with Gasteiger partial charge in [-0.25, -0.2) is 9.67 Å². The highest BCUT2D eigenvalue weighted by Crippen LogP contribution is 2.41. The Kier molecular flexibility index (Phi) is 4.02. The summed E-state index contributed by atoms with van der Waals surface area (Å²) in [5, 5.41) is 2.99. The molecule has 0 amide bonds. The van der Waals surface area contributed by atoms with Gasteiger partial charge in [0.2, 0.25) is 0 Å². The summed E-state index contributed by atoms with van der Waals surface area (Å²) in [5.74, 6) is -0.537. The molecule has 0 aliphatic carbocycles. The molecular formula is C14H8ClF6N5. The first-order valence-corrected chi connectivity index (χ1v) is 7.23. The molecule has 0 radical (unpaired) electrons. The highest BCUT2D eigenvalue weighted by Gasteiger charge is 2.41. The number of nitrogens with zero attached hydrogens (tertiary/aromatic N) is 4. The van der Waals surface area contributed by atoms with E-state index in [2.05, 4.69) is 15.1 Å². The Morgan fingerprint density at radius 1 is 1.08 bits per heavy atom. The average Bonchev–Trinajstić information content (AvgIpc) is 2.81. The van der Waals surface area contributed by atoms with E-state index in [-0.39, 0.29) is 16.8 Å². The van der Waals surface area contributed by atoms with Gasteiger partial charge in [-0.15, -0.1) is 5.10 Å². The van der Waals surface area contributed by atoms with Crippen LogP contribution in [0.15, 0.2) is 18.5 Å². The van der Waals surface area contributed by atoms with Crippen LogP contribution in [0.3, 0.4) is 0 Å². The fourth-order valence-electron chi connectivity index (χ4n) is 2.44. The molecule has 3 aromatic rings. The van der Waals surface area contributed by atoms with Gasteiger partial charge in [-0.2, -0.15) is 26.3 Å². The molecule has 0 unspecified atom stereocenters. The zero-order valence-electron chi connectivity index (χ0n) is 12.7. The number of hydrogen-bond acceptors (Lipinski definition) is 4. The first-order chi connectivity index (χ1) is 11.9. The summed E-state index contributed by atoms with van der Waals surface area (Å²) >= 11 is 6.00. The number of anilines is 1. The van der Waals surface area contributed by atoms with Crippen LogP contribution in [0, 0.1) is 6.92 Å². The molecule has 0 aromatic carbocycles. The molecule has 0 bridgehead atoms. The molecule has 5 nitrogen and oxygen atoms in total. The highest BCUT2D eigenvalue weighted by molar-refractivity contribution is 6.32. The first kappa shape index (κ1) is 18.2. The Bertz CT molecular complexity index is 987. The minimum Gasteiger partial charge on any atom is -0.383 e. The largest absolute Gasteiger partial charge is 0.433 e. The third kappa shape index (κ3) is 2.91. The van der Waals surface area contributed by atoms with E-state index in [4.69, 9.17) is 17.3 Å². The number of alkyl halides is 6. The Hall–Kier alpha value is -2.56. The van der Waals surface area contributed by atoms with Gasteiger partial charge in [-0.3, -0.25) is 4.98 Å². The van der Waals surface area contributed by atoms with Crippen molar-refractivity contribution in [2.24, 2.45) is 0 Å². The lowest BCUT2D eigenvalue weighted by Gasteiger charge is -2.12. The number of nitrogens with two attached hydrogens (primary N) is 1. The van der Waals surface area contributed by atoms with Crippen molar-refractivity contribution >= 4 is 28.5 Å². The zero-order chi connectivity index (χ0) is 19.4. The standard InChI is InChI=1S/C14H8ClF6N5/c1-5-3-23-4-7(15)10(5)26-11(22)9-6(13(16,17)18)2-8(14(19,20)21)24-12(9)25-26/h2-4H,22H2,1H3. The second kappa shape index (κ2) is 5.73. The van der Waals surface area contributed by atoms with Crippen LogP contribution < -0.4 is 5.73 Å². The first-order valence-electron chi connectivity index (χ1n) is 6.85. The van der Waals surface area contributed by atoms with Crippen molar-refractivity contribution in [2.75, 3.05) is 5.73 Å². The predicted molar refractivity (Wildman–Crippen MR) is 80.8 cm³/mol. The molecule has 0 atom stereocenters. The number of halogens is 7. The lowest BCUT2D eigenvalue weighted by atomic mass is 10.1. The maximum absolute atomic E-state index is 13.3. The van der Waals surface area contributed by atoms with Gasteiger partial charge in [-0.05, 0) is 18.6 Å². The average molecular weight is 396 g/mol. The van der Waals surface area contributed by atoms with E-state index < -0.39 is 40.5 Å². The zero-order valence-corrected chi connectivity index (χ0v) is 13.5. The third-order valence-electron chi connectivity index (χ3n) is 3.54. The van der Waals surface area contributed by atoms with Crippen LogP contribution in [0.5, 0.6) is 0 Å². The van der Waals surface area contributed by atoms with E-state index >= 15 is 0 Å². The van der Waals surface area contributed by atoms with Crippen LogP contribution in [-0.2, 0) is 12.4 Å². The van der Waals surface area contributed by atoms with Gasteiger partial charge in [0.25, 0.3) is 0 Å². The van der Waals surface area contributed by atoms with Gasteiger partial charge >= 0.3 is 12.4 Å². The molecule has 0 aliphatic heterocycles. The van der Waals surface area contributed by atoms with E-state index in [1.807, 2.05) is 0 Å². The van der Waals surface area contributed by atoms with Crippen LogP contribution in [0.25, 0.3) is 16.7 Å². The van der Waals surface area contributed by atoms with Crippen LogP contribution in [0.4, 0.5) is 32.2 Å². The molecule has 3 aromatic heterocycles. The van der Waals surface area contributed by atoms with Crippen LogP contribution in [0.2, 0.25) is 5.02 Å². The summed E-state index contributed by atoms with van der Waals surface area (Å²) in [6.45, 7) is 1.54. The Balaban J connectivity index is 2.42. The molecule has 12 heteroatoms. The van der Waals surface area contributed by atoms with Crippen molar-refractivity contribution in [1.82, 2.24) is 19.7 Å². The summed E-state index contributed by atoms with van der Waals surface area (Å²) in [6.07, 6.45) is -7.63. The maximum Gasteiger partial charge on any atom is 0.433 e.